The lowest BCUT2D eigenvalue weighted by Crippen LogP contribution is -2.35. The van der Waals surface area contributed by atoms with Crippen molar-refractivity contribution in [2.24, 2.45) is 0 Å². The molecule has 0 unspecified atom stereocenters. The van der Waals surface area contributed by atoms with Gasteiger partial charge in [0.1, 0.15) is 0 Å². The zero-order valence-corrected chi connectivity index (χ0v) is 18.8. The number of nitrogens with one attached hydrogen (secondary N) is 2. The Kier molecular flexibility index (Phi) is 7.56. The summed E-state index contributed by atoms with van der Waals surface area (Å²) in [7, 11) is 1.17. The molecule has 36 heavy (non-hydrogen) atoms. The fourth-order valence-electron chi connectivity index (χ4n) is 3.45. The van der Waals surface area contributed by atoms with Crippen LogP contribution in [0.15, 0.2) is 60.8 Å². The molecular formula is C24H19F6N3O3. The van der Waals surface area contributed by atoms with Crippen LogP contribution in [0.25, 0.3) is 0 Å². The molecule has 2 aromatic carbocycles. The maximum absolute atomic E-state index is 13.7. The number of hydrogen-bond donors (Lipinski definition) is 2. The van der Waals surface area contributed by atoms with Gasteiger partial charge < -0.3 is 15.4 Å². The Labute approximate surface area is 201 Å². The van der Waals surface area contributed by atoms with Crippen LogP contribution in [0.2, 0.25) is 0 Å². The van der Waals surface area contributed by atoms with Gasteiger partial charge in [-0.1, -0.05) is 18.2 Å². The highest BCUT2D eigenvalue weighted by Gasteiger charge is 2.37. The van der Waals surface area contributed by atoms with Crippen molar-refractivity contribution < 1.29 is 40.7 Å². The first-order chi connectivity index (χ1) is 16.8. The quantitative estimate of drug-likeness (QED) is 0.319. The minimum atomic E-state index is -4.85. The molecule has 12 heteroatoms. The smallest absolute Gasteiger partial charge is 0.418 e. The molecule has 1 aromatic heterocycles. The number of benzene rings is 2. The highest BCUT2D eigenvalue weighted by Crippen LogP contribution is 2.36. The number of ether oxygens (including phenoxy) is 1. The number of halogens is 6. The number of rotatable bonds is 5. The molecule has 1 atom stereocenters. The molecule has 3 aromatic rings. The number of nitrogens with zero attached hydrogens (tertiary/aromatic N) is 1. The minimum absolute atomic E-state index is 0.0672. The first kappa shape index (κ1) is 26.5. The van der Waals surface area contributed by atoms with Gasteiger partial charge in [0.05, 0.1) is 35.5 Å². The van der Waals surface area contributed by atoms with E-state index >= 15 is 0 Å². The van der Waals surface area contributed by atoms with Crippen LogP contribution in [0.1, 0.15) is 44.3 Å². The molecular weight excluding hydrogens is 492 g/mol. The van der Waals surface area contributed by atoms with Crippen LogP contribution in [0, 0.1) is 6.92 Å². The molecule has 6 nitrogen and oxygen atoms in total. The highest BCUT2D eigenvalue weighted by atomic mass is 19.4. The van der Waals surface area contributed by atoms with Crippen molar-refractivity contribution in [2.75, 3.05) is 12.4 Å². The first-order valence-electron chi connectivity index (χ1n) is 10.3. The number of carbonyl (C=O) groups is 2. The second kappa shape index (κ2) is 10.3. The van der Waals surface area contributed by atoms with E-state index in [-0.39, 0.29) is 16.8 Å². The van der Waals surface area contributed by atoms with Crippen LogP contribution < -0.4 is 10.6 Å². The van der Waals surface area contributed by atoms with Gasteiger partial charge in [0, 0.05) is 11.9 Å². The molecule has 190 valence electrons. The Hall–Kier alpha value is -4.09. The molecule has 0 aliphatic heterocycles. The van der Waals surface area contributed by atoms with Gasteiger partial charge in [-0.05, 0) is 54.4 Å². The van der Waals surface area contributed by atoms with Gasteiger partial charge in [0.15, 0.2) is 0 Å². The Morgan fingerprint density at radius 2 is 1.58 bits per heavy atom. The van der Waals surface area contributed by atoms with Crippen molar-refractivity contribution in [3.63, 3.8) is 0 Å². The number of methoxy groups -OCH3 is 1. The molecule has 0 aliphatic carbocycles. The van der Waals surface area contributed by atoms with Crippen LogP contribution >= 0.6 is 0 Å². The molecule has 0 saturated carbocycles. The van der Waals surface area contributed by atoms with Gasteiger partial charge in [-0.15, -0.1) is 0 Å². The fraction of sp³-hybridized carbons (Fsp3) is 0.208. The average molecular weight is 511 g/mol. The summed E-state index contributed by atoms with van der Waals surface area (Å²) >= 11 is 0. The van der Waals surface area contributed by atoms with E-state index in [2.05, 4.69) is 20.4 Å². The molecule has 0 aliphatic rings. The van der Waals surface area contributed by atoms with E-state index in [4.69, 9.17) is 0 Å². The summed E-state index contributed by atoms with van der Waals surface area (Å²) in [5, 5.41) is 4.80. The number of aromatic nitrogens is 1. The van der Waals surface area contributed by atoms with Crippen LogP contribution in [-0.2, 0) is 17.1 Å². The summed E-state index contributed by atoms with van der Waals surface area (Å²) in [6.45, 7) is 1.52. The maximum Gasteiger partial charge on any atom is 0.418 e. The summed E-state index contributed by atoms with van der Waals surface area (Å²) in [5.74, 6) is -0.664. The van der Waals surface area contributed by atoms with Crippen LogP contribution in [0.3, 0.4) is 0 Å². The third kappa shape index (κ3) is 5.93. The summed E-state index contributed by atoms with van der Waals surface area (Å²) in [5.41, 5.74) is -2.21. The molecule has 2 N–H and O–H groups in total. The molecule has 0 bridgehead atoms. The number of anilines is 1. The number of urea groups is 1. The Balaban J connectivity index is 2.00. The predicted molar refractivity (Wildman–Crippen MR) is 117 cm³/mol. The van der Waals surface area contributed by atoms with Crippen molar-refractivity contribution in [1.29, 1.82) is 0 Å². The van der Waals surface area contributed by atoms with E-state index in [9.17, 15) is 35.9 Å². The lowest BCUT2D eigenvalue weighted by Gasteiger charge is -2.23. The van der Waals surface area contributed by atoms with E-state index in [1.807, 2.05) is 0 Å². The van der Waals surface area contributed by atoms with E-state index in [1.54, 1.807) is 0 Å². The second-order valence-corrected chi connectivity index (χ2v) is 7.55. The highest BCUT2D eigenvalue weighted by molar-refractivity contribution is 5.96. The molecule has 0 radical (unpaired) electrons. The normalized spacial score (nSPS) is 12.6. The summed E-state index contributed by atoms with van der Waals surface area (Å²) in [6.07, 6.45) is -8.44. The summed E-state index contributed by atoms with van der Waals surface area (Å²) in [4.78, 5) is 28.5. The van der Waals surface area contributed by atoms with Gasteiger partial charge in [-0.3, -0.25) is 4.98 Å². The number of esters is 1. The standard InChI is InChI=1S/C24H19F6N3O3/c1-13-16(21(34)36-2)5-3-7-18(13)32-22(35)33-19(14-8-10-15(11-9-14)23(25,26)27)20-17(24(28,29)30)6-4-12-31-20/h3-12,19H,1-2H3,(H2,32,33,35)/t19-/m0/s1. The van der Waals surface area contributed by atoms with Crippen molar-refractivity contribution in [3.05, 3.63) is 94.3 Å². The van der Waals surface area contributed by atoms with Crippen molar-refractivity contribution in [1.82, 2.24) is 10.3 Å². The van der Waals surface area contributed by atoms with Crippen molar-refractivity contribution >= 4 is 17.7 Å². The fourth-order valence-corrected chi connectivity index (χ4v) is 3.45. The van der Waals surface area contributed by atoms with Crippen molar-refractivity contribution in [2.45, 2.75) is 25.3 Å². The molecule has 1 heterocycles. The van der Waals surface area contributed by atoms with Gasteiger partial charge >= 0.3 is 24.4 Å². The average Bonchev–Trinajstić information content (AvgIpc) is 2.82. The first-order valence-corrected chi connectivity index (χ1v) is 10.3. The van der Waals surface area contributed by atoms with Gasteiger partial charge in [-0.25, -0.2) is 9.59 Å². The van der Waals surface area contributed by atoms with Crippen LogP contribution in [0.5, 0.6) is 0 Å². The summed E-state index contributed by atoms with van der Waals surface area (Å²) in [6, 6.07) is 6.96. The van der Waals surface area contributed by atoms with E-state index in [0.29, 0.717) is 17.7 Å². The maximum atomic E-state index is 13.7. The third-order valence-electron chi connectivity index (χ3n) is 5.25. The van der Waals surface area contributed by atoms with Gasteiger partial charge in [0.2, 0.25) is 0 Å². The molecule has 3 rings (SSSR count). The molecule has 0 spiro atoms. The number of alkyl halides is 6. The number of pyridine rings is 1. The Bertz CT molecular complexity index is 1260. The van der Waals surface area contributed by atoms with Crippen LogP contribution in [-0.4, -0.2) is 24.1 Å². The topological polar surface area (TPSA) is 80.3 Å². The third-order valence-corrected chi connectivity index (χ3v) is 5.25. The second-order valence-electron chi connectivity index (χ2n) is 7.55. The molecule has 2 amide bonds. The van der Waals surface area contributed by atoms with Gasteiger partial charge in [0.25, 0.3) is 0 Å². The van der Waals surface area contributed by atoms with E-state index in [1.165, 1.54) is 32.2 Å². The lowest BCUT2D eigenvalue weighted by atomic mass is 9.98. The zero-order valence-electron chi connectivity index (χ0n) is 18.8. The van der Waals surface area contributed by atoms with Gasteiger partial charge in [-0.2, -0.15) is 26.3 Å². The minimum Gasteiger partial charge on any atom is -0.465 e. The lowest BCUT2D eigenvalue weighted by molar-refractivity contribution is -0.139. The molecule has 0 saturated heterocycles. The SMILES string of the molecule is COC(=O)c1cccc(NC(=O)N[C@@H](c2ccc(C(F)(F)F)cc2)c2ncccc2C(F)(F)F)c1C. The number of carbonyl (C=O) groups excluding carboxylic acids is 2. The zero-order chi connectivity index (χ0) is 26.7. The van der Waals surface area contributed by atoms with E-state index < -0.39 is 47.2 Å². The largest absolute Gasteiger partial charge is 0.465 e. The van der Waals surface area contributed by atoms with Crippen LogP contribution in [0.4, 0.5) is 36.8 Å². The monoisotopic (exact) mass is 511 g/mol. The van der Waals surface area contributed by atoms with E-state index in [0.717, 1.165) is 30.5 Å². The molecule has 0 fully saturated rings. The predicted octanol–water partition coefficient (Wildman–Crippen LogP) is 6.13. The number of hydrogen-bond acceptors (Lipinski definition) is 4. The van der Waals surface area contributed by atoms with Crippen molar-refractivity contribution in [3.8, 4) is 0 Å². The Morgan fingerprint density at radius 3 is 2.17 bits per heavy atom. The number of amides is 2. The Morgan fingerprint density at radius 1 is 0.917 bits per heavy atom. The summed E-state index contributed by atoms with van der Waals surface area (Å²) < 4.78 is 84.7.